The summed E-state index contributed by atoms with van der Waals surface area (Å²) >= 11 is 0. The highest BCUT2D eigenvalue weighted by atomic mass is 16.3. The summed E-state index contributed by atoms with van der Waals surface area (Å²) < 4.78 is 0. The minimum absolute atomic E-state index is 0.189. The molecule has 0 bridgehead atoms. The normalized spacial score (nSPS) is 10.7. The number of hydrogen-bond acceptors (Lipinski definition) is 3. The molecule has 4 heteroatoms. The maximum absolute atomic E-state index is 11.7. The molecule has 0 unspecified atom stereocenters. The number of carbonyl (C=O) groups excluding carboxylic acids is 1. The van der Waals surface area contributed by atoms with Crippen LogP contribution in [-0.4, -0.2) is 16.1 Å². The molecule has 102 valence electrons. The van der Waals surface area contributed by atoms with Crippen LogP contribution in [0.4, 0.5) is 5.69 Å². The predicted molar refractivity (Wildman–Crippen MR) is 78.6 cm³/mol. The van der Waals surface area contributed by atoms with E-state index in [1.54, 1.807) is 12.1 Å². The van der Waals surface area contributed by atoms with Gasteiger partial charge < -0.3 is 15.5 Å². The van der Waals surface area contributed by atoms with Crippen LogP contribution < -0.4 is 5.32 Å². The fourth-order valence-corrected chi connectivity index (χ4v) is 1.64. The number of aromatic hydroxyl groups is 2. The third-order valence-electron chi connectivity index (χ3n) is 2.75. The highest BCUT2D eigenvalue weighted by molar-refractivity contribution is 6.01. The van der Waals surface area contributed by atoms with Crippen LogP contribution in [0.2, 0.25) is 0 Å². The number of amides is 1. The lowest BCUT2D eigenvalue weighted by molar-refractivity contribution is -0.111. The molecule has 0 spiro atoms. The lowest BCUT2D eigenvalue weighted by Gasteiger charge is -2.02. The van der Waals surface area contributed by atoms with Gasteiger partial charge in [0, 0.05) is 11.8 Å². The molecule has 0 fully saturated rings. The lowest BCUT2D eigenvalue weighted by Crippen LogP contribution is -2.07. The maximum atomic E-state index is 11.7. The molecule has 0 aliphatic carbocycles. The molecule has 0 aliphatic rings. The smallest absolute Gasteiger partial charge is 0.248 e. The van der Waals surface area contributed by atoms with Gasteiger partial charge >= 0.3 is 0 Å². The second-order valence-corrected chi connectivity index (χ2v) is 4.44. The molecule has 2 rings (SSSR count). The Morgan fingerprint density at radius 2 is 1.75 bits per heavy atom. The predicted octanol–water partition coefficient (Wildman–Crippen LogP) is 3.06. The number of phenols is 2. The van der Waals surface area contributed by atoms with Crippen LogP contribution >= 0.6 is 0 Å². The molecule has 4 nitrogen and oxygen atoms in total. The summed E-state index contributed by atoms with van der Waals surface area (Å²) in [6.45, 7) is 1.97. The SMILES string of the molecule is Cc1ccc(NC(=O)/C=C/c2ccc(O)c(O)c2)cc1. The van der Waals surface area contributed by atoms with Gasteiger partial charge in [-0.3, -0.25) is 4.79 Å². The Morgan fingerprint density at radius 3 is 2.40 bits per heavy atom. The Balaban J connectivity index is 2.01. The van der Waals surface area contributed by atoms with Crippen molar-refractivity contribution in [2.45, 2.75) is 6.92 Å². The first kappa shape index (κ1) is 13.7. The zero-order valence-corrected chi connectivity index (χ0v) is 11.0. The van der Waals surface area contributed by atoms with Gasteiger partial charge in [0.15, 0.2) is 11.5 Å². The van der Waals surface area contributed by atoms with Gasteiger partial charge in [-0.05, 0) is 42.8 Å². The van der Waals surface area contributed by atoms with Gasteiger partial charge in [0.25, 0.3) is 0 Å². The number of rotatable bonds is 3. The zero-order valence-electron chi connectivity index (χ0n) is 11.0. The average Bonchev–Trinajstić information content (AvgIpc) is 2.43. The fraction of sp³-hybridized carbons (Fsp3) is 0.0625. The van der Waals surface area contributed by atoms with Crippen molar-refractivity contribution in [2.24, 2.45) is 0 Å². The quantitative estimate of drug-likeness (QED) is 0.592. The summed E-state index contributed by atoms with van der Waals surface area (Å²) in [4.78, 5) is 11.7. The van der Waals surface area contributed by atoms with E-state index >= 15 is 0 Å². The molecular weight excluding hydrogens is 254 g/mol. The van der Waals surface area contributed by atoms with E-state index in [-0.39, 0.29) is 17.4 Å². The molecule has 2 aromatic carbocycles. The summed E-state index contributed by atoms with van der Waals surface area (Å²) in [5.41, 5.74) is 2.47. The standard InChI is InChI=1S/C16H15NO3/c1-11-2-6-13(7-3-11)17-16(20)9-5-12-4-8-14(18)15(19)10-12/h2-10,18-19H,1H3,(H,17,20)/b9-5+. The van der Waals surface area contributed by atoms with E-state index in [1.807, 2.05) is 31.2 Å². The molecule has 0 saturated carbocycles. The fourth-order valence-electron chi connectivity index (χ4n) is 1.64. The van der Waals surface area contributed by atoms with Gasteiger partial charge in [0.2, 0.25) is 5.91 Å². The van der Waals surface area contributed by atoms with Crippen LogP contribution in [0.3, 0.4) is 0 Å². The second kappa shape index (κ2) is 5.93. The van der Waals surface area contributed by atoms with Crippen molar-refractivity contribution in [3.63, 3.8) is 0 Å². The van der Waals surface area contributed by atoms with Gasteiger partial charge in [-0.25, -0.2) is 0 Å². The Morgan fingerprint density at radius 1 is 1.05 bits per heavy atom. The summed E-state index contributed by atoms with van der Waals surface area (Å²) in [5.74, 6) is -0.668. The lowest BCUT2D eigenvalue weighted by atomic mass is 10.2. The molecule has 0 aromatic heterocycles. The van der Waals surface area contributed by atoms with Crippen LogP contribution in [0.15, 0.2) is 48.5 Å². The van der Waals surface area contributed by atoms with Gasteiger partial charge in [-0.15, -0.1) is 0 Å². The molecule has 20 heavy (non-hydrogen) atoms. The summed E-state index contributed by atoms with van der Waals surface area (Å²) in [5, 5.41) is 21.3. The first-order valence-corrected chi connectivity index (χ1v) is 6.12. The van der Waals surface area contributed by atoms with Crippen molar-refractivity contribution >= 4 is 17.7 Å². The number of benzene rings is 2. The minimum atomic E-state index is -0.263. The number of nitrogens with one attached hydrogen (secondary N) is 1. The summed E-state index contributed by atoms with van der Waals surface area (Å²) in [6.07, 6.45) is 2.92. The largest absolute Gasteiger partial charge is 0.504 e. The third-order valence-corrected chi connectivity index (χ3v) is 2.75. The number of hydrogen-bond donors (Lipinski definition) is 3. The van der Waals surface area contributed by atoms with E-state index in [9.17, 15) is 15.0 Å². The van der Waals surface area contributed by atoms with Crippen molar-refractivity contribution in [3.8, 4) is 11.5 Å². The Hall–Kier alpha value is -2.75. The van der Waals surface area contributed by atoms with E-state index in [0.717, 1.165) is 11.3 Å². The zero-order chi connectivity index (χ0) is 14.5. The van der Waals surface area contributed by atoms with Gasteiger partial charge in [-0.2, -0.15) is 0 Å². The molecular formula is C16H15NO3. The monoisotopic (exact) mass is 269 g/mol. The number of phenolic OH excluding ortho intramolecular Hbond substituents is 2. The average molecular weight is 269 g/mol. The minimum Gasteiger partial charge on any atom is -0.504 e. The first-order chi connectivity index (χ1) is 9.54. The molecule has 0 heterocycles. The highest BCUT2D eigenvalue weighted by Crippen LogP contribution is 2.25. The van der Waals surface area contributed by atoms with Crippen LogP contribution in [0, 0.1) is 6.92 Å². The van der Waals surface area contributed by atoms with Gasteiger partial charge in [0.1, 0.15) is 0 Å². The second-order valence-electron chi connectivity index (χ2n) is 4.44. The van der Waals surface area contributed by atoms with Gasteiger partial charge in [-0.1, -0.05) is 23.8 Å². The van der Waals surface area contributed by atoms with Gasteiger partial charge in [0.05, 0.1) is 0 Å². The molecule has 1 amide bonds. The van der Waals surface area contributed by atoms with Crippen molar-refractivity contribution in [1.29, 1.82) is 0 Å². The van der Waals surface area contributed by atoms with Crippen LogP contribution in [0.1, 0.15) is 11.1 Å². The van der Waals surface area contributed by atoms with Crippen LogP contribution in [0.25, 0.3) is 6.08 Å². The van der Waals surface area contributed by atoms with Crippen molar-refractivity contribution in [1.82, 2.24) is 0 Å². The first-order valence-electron chi connectivity index (χ1n) is 6.12. The van der Waals surface area contributed by atoms with Crippen molar-refractivity contribution < 1.29 is 15.0 Å². The summed E-state index contributed by atoms with van der Waals surface area (Å²) in [6, 6.07) is 11.8. The van der Waals surface area contributed by atoms with E-state index in [0.29, 0.717) is 5.56 Å². The molecule has 0 atom stereocenters. The van der Waals surface area contributed by atoms with E-state index in [1.165, 1.54) is 18.2 Å². The van der Waals surface area contributed by atoms with E-state index in [4.69, 9.17) is 0 Å². The van der Waals surface area contributed by atoms with Crippen molar-refractivity contribution in [3.05, 3.63) is 59.7 Å². The molecule has 3 N–H and O–H groups in total. The molecule has 2 aromatic rings. The molecule has 0 radical (unpaired) electrons. The van der Waals surface area contributed by atoms with Crippen LogP contribution in [-0.2, 0) is 4.79 Å². The Labute approximate surface area is 117 Å². The third kappa shape index (κ3) is 3.62. The van der Waals surface area contributed by atoms with E-state index < -0.39 is 0 Å². The maximum Gasteiger partial charge on any atom is 0.248 e. The Kier molecular flexibility index (Phi) is 4.05. The molecule has 0 saturated heterocycles. The highest BCUT2D eigenvalue weighted by Gasteiger charge is 2.00. The van der Waals surface area contributed by atoms with Crippen molar-refractivity contribution in [2.75, 3.05) is 5.32 Å². The number of aryl methyl sites for hydroxylation is 1. The Bertz CT molecular complexity index is 645. The molecule has 0 aliphatic heterocycles. The number of anilines is 1. The van der Waals surface area contributed by atoms with E-state index in [2.05, 4.69) is 5.32 Å². The summed E-state index contributed by atoms with van der Waals surface area (Å²) in [7, 11) is 0. The number of carbonyl (C=O) groups is 1. The topological polar surface area (TPSA) is 69.6 Å². The van der Waals surface area contributed by atoms with Crippen LogP contribution in [0.5, 0.6) is 11.5 Å².